The van der Waals surface area contributed by atoms with E-state index in [1.807, 2.05) is 0 Å². The first kappa shape index (κ1) is 13.0. The highest BCUT2D eigenvalue weighted by Crippen LogP contribution is 2.24. The van der Waals surface area contributed by atoms with Crippen molar-refractivity contribution in [3.63, 3.8) is 0 Å². The van der Waals surface area contributed by atoms with Crippen molar-refractivity contribution in [3.8, 4) is 0 Å². The lowest BCUT2D eigenvalue weighted by molar-refractivity contribution is 0.0778. The van der Waals surface area contributed by atoms with E-state index in [2.05, 4.69) is 29.8 Å². The molecule has 0 aliphatic heterocycles. The largest absolute Gasteiger partial charge is 0.398 e. The zero-order valence-electron chi connectivity index (χ0n) is 9.83. The second-order valence-corrected chi connectivity index (χ2v) is 5.08. The maximum atomic E-state index is 12.1. The molecule has 0 atom stereocenters. The van der Waals surface area contributed by atoms with Crippen LogP contribution < -0.4 is 5.73 Å². The van der Waals surface area contributed by atoms with E-state index in [1.54, 1.807) is 30.1 Å². The van der Waals surface area contributed by atoms with Crippen molar-refractivity contribution >= 4 is 27.5 Å². The molecule has 0 saturated heterocycles. The number of carbonyl (C=O) groups is 1. The number of carbonyl (C=O) groups excluding carboxylic acids is 1. The van der Waals surface area contributed by atoms with Crippen molar-refractivity contribution in [1.29, 1.82) is 0 Å². The maximum absolute atomic E-state index is 12.1. The molecule has 0 fully saturated rings. The smallest absolute Gasteiger partial charge is 0.254 e. The zero-order chi connectivity index (χ0) is 12.3. The molecule has 0 heterocycles. The molecule has 2 N–H and O–H groups in total. The Morgan fingerprint density at radius 2 is 2.12 bits per heavy atom. The standard InChI is InChI=1S/C12H17BrN2O/c1-8(2)7-15(3)12(16)9-5-4-6-10(14)11(9)13/h4-6,8H,7,14H2,1-3H3. The second-order valence-electron chi connectivity index (χ2n) is 4.29. The summed E-state index contributed by atoms with van der Waals surface area (Å²) in [7, 11) is 1.80. The average molecular weight is 285 g/mol. The Labute approximate surface area is 105 Å². The van der Waals surface area contributed by atoms with Gasteiger partial charge in [-0.25, -0.2) is 0 Å². The van der Waals surface area contributed by atoms with Gasteiger partial charge >= 0.3 is 0 Å². The quantitative estimate of drug-likeness (QED) is 0.868. The molecular weight excluding hydrogens is 268 g/mol. The number of amides is 1. The average Bonchev–Trinajstić information content (AvgIpc) is 2.20. The summed E-state index contributed by atoms with van der Waals surface area (Å²) in [6.07, 6.45) is 0. The lowest BCUT2D eigenvalue weighted by Gasteiger charge is -2.20. The van der Waals surface area contributed by atoms with E-state index in [0.29, 0.717) is 21.6 Å². The van der Waals surface area contributed by atoms with Crippen LogP contribution in [0.25, 0.3) is 0 Å². The van der Waals surface area contributed by atoms with Gasteiger partial charge in [-0.05, 0) is 34.0 Å². The summed E-state index contributed by atoms with van der Waals surface area (Å²) >= 11 is 3.34. The molecule has 0 unspecified atom stereocenters. The fourth-order valence-electron chi connectivity index (χ4n) is 1.55. The summed E-state index contributed by atoms with van der Waals surface area (Å²) < 4.78 is 0.676. The normalized spacial score (nSPS) is 10.6. The molecular formula is C12H17BrN2O. The summed E-state index contributed by atoms with van der Waals surface area (Å²) in [5.41, 5.74) is 6.94. The molecule has 0 bridgehead atoms. The number of nitrogens with zero attached hydrogens (tertiary/aromatic N) is 1. The van der Waals surface area contributed by atoms with Crippen molar-refractivity contribution in [1.82, 2.24) is 4.90 Å². The molecule has 1 amide bonds. The number of rotatable bonds is 3. The summed E-state index contributed by atoms with van der Waals surface area (Å²) in [6, 6.07) is 5.33. The van der Waals surface area contributed by atoms with Crippen molar-refractivity contribution in [2.75, 3.05) is 19.3 Å². The van der Waals surface area contributed by atoms with E-state index in [-0.39, 0.29) is 5.91 Å². The lowest BCUT2D eigenvalue weighted by atomic mass is 10.1. The molecule has 88 valence electrons. The lowest BCUT2D eigenvalue weighted by Crippen LogP contribution is -2.30. The number of benzene rings is 1. The first-order chi connectivity index (χ1) is 7.43. The highest BCUT2D eigenvalue weighted by Gasteiger charge is 2.16. The Hall–Kier alpha value is -1.03. The summed E-state index contributed by atoms with van der Waals surface area (Å²) in [4.78, 5) is 13.8. The molecule has 0 saturated carbocycles. The van der Waals surface area contributed by atoms with E-state index >= 15 is 0 Å². The SMILES string of the molecule is CC(C)CN(C)C(=O)c1cccc(N)c1Br. The molecule has 0 aliphatic carbocycles. The van der Waals surface area contributed by atoms with Crippen LogP contribution in [-0.4, -0.2) is 24.4 Å². The van der Waals surface area contributed by atoms with Crippen LogP contribution in [-0.2, 0) is 0 Å². The van der Waals surface area contributed by atoms with E-state index in [9.17, 15) is 4.79 Å². The van der Waals surface area contributed by atoms with Crippen LogP contribution in [0.2, 0.25) is 0 Å². The molecule has 0 spiro atoms. The molecule has 0 aromatic heterocycles. The van der Waals surface area contributed by atoms with Gasteiger partial charge in [0.25, 0.3) is 5.91 Å². The number of nitrogen functional groups attached to an aromatic ring is 1. The topological polar surface area (TPSA) is 46.3 Å². The van der Waals surface area contributed by atoms with Gasteiger partial charge in [-0.2, -0.15) is 0 Å². The molecule has 3 nitrogen and oxygen atoms in total. The van der Waals surface area contributed by atoms with Crippen LogP contribution in [0, 0.1) is 5.92 Å². The minimum absolute atomic E-state index is 0.00660. The van der Waals surface area contributed by atoms with Crippen molar-refractivity contribution in [3.05, 3.63) is 28.2 Å². The molecule has 1 rings (SSSR count). The monoisotopic (exact) mass is 284 g/mol. The number of anilines is 1. The maximum Gasteiger partial charge on any atom is 0.254 e. The fourth-order valence-corrected chi connectivity index (χ4v) is 1.99. The molecule has 1 aromatic rings. The van der Waals surface area contributed by atoms with Gasteiger partial charge in [0, 0.05) is 19.3 Å². The number of halogens is 1. The van der Waals surface area contributed by atoms with Gasteiger partial charge in [-0.3, -0.25) is 4.79 Å². The van der Waals surface area contributed by atoms with Gasteiger partial charge in [-0.15, -0.1) is 0 Å². The zero-order valence-corrected chi connectivity index (χ0v) is 11.4. The van der Waals surface area contributed by atoms with Crippen molar-refractivity contribution in [2.24, 2.45) is 5.92 Å². The third-order valence-electron chi connectivity index (χ3n) is 2.24. The van der Waals surface area contributed by atoms with Crippen LogP contribution in [0.3, 0.4) is 0 Å². The van der Waals surface area contributed by atoms with Gasteiger partial charge in [0.1, 0.15) is 0 Å². The van der Waals surface area contributed by atoms with Crippen molar-refractivity contribution < 1.29 is 4.79 Å². The highest BCUT2D eigenvalue weighted by molar-refractivity contribution is 9.10. The Bertz CT molecular complexity index is 391. The van der Waals surface area contributed by atoms with Gasteiger partial charge < -0.3 is 10.6 Å². The summed E-state index contributed by atoms with van der Waals surface area (Å²) in [5.74, 6) is 0.446. The predicted molar refractivity (Wildman–Crippen MR) is 70.4 cm³/mol. The van der Waals surface area contributed by atoms with Crippen molar-refractivity contribution in [2.45, 2.75) is 13.8 Å². The van der Waals surface area contributed by atoms with Gasteiger partial charge in [-0.1, -0.05) is 19.9 Å². The Morgan fingerprint density at radius 3 is 2.69 bits per heavy atom. The van der Waals surface area contributed by atoms with Gasteiger partial charge in [0.05, 0.1) is 10.0 Å². The van der Waals surface area contributed by atoms with Gasteiger partial charge in [0.2, 0.25) is 0 Å². The minimum atomic E-state index is -0.00660. The van der Waals surface area contributed by atoms with E-state index in [0.717, 1.165) is 6.54 Å². The van der Waals surface area contributed by atoms with Crippen LogP contribution in [0.1, 0.15) is 24.2 Å². The fraction of sp³-hybridized carbons (Fsp3) is 0.417. The molecule has 1 aromatic carbocycles. The van der Waals surface area contributed by atoms with Crippen LogP contribution in [0.4, 0.5) is 5.69 Å². The molecule has 4 heteroatoms. The van der Waals surface area contributed by atoms with Crippen LogP contribution in [0.15, 0.2) is 22.7 Å². The first-order valence-electron chi connectivity index (χ1n) is 5.23. The Morgan fingerprint density at radius 1 is 1.50 bits per heavy atom. The molecule has 16 heavy (non-hydrogen) atoms. The van der Waals surface area contributed by atoms with E-state index in [4.69, 9.17) is 5.73 Å². The third-order valence-corrected chi connectivity index (χ3v) is 3.13. The van der Waals surface area contributed by atoms with Crippen LogP contribution >= 0.6 is 15.9 Å². The second kappa shape index (κ2) is 5.34. The first-order valence-corrected chi connectivity index (χ1v) is 6.02. The van der Waals surface area contributed by atoms with Gasteiger partial charge in [0.15, 0.2) is 0 Å². The third kappa shape index (κ3) is 2.98. The Kier molecular flexibility index (Phi) is 4.35. The van der Waals surface area contributed by atoms with Crippen LogP contribution in [0.5, 0.6) is 0 Å². The molecule has 0 aliphatic rings. The summed E-state index contributed by atoms with van der Waals surface area (Å²) in [6.45, 7) is 4.90. The van der Waals surface area contributed by atoms with E-state index < -0.39 is 0 Å². The number of hydrogen-bond acceptors (Lipinski definition) is 2. The number of hydrogen-bond donors (Lipinski definition) is 1. The number of nitrogens with two attached hydrogens (primary N) is 1. The predicted octanol–water partition coefficient (Wildman–Crippen LogP) is 2.76. The summed E-state index contributed by atoms with van der Waals surface area (Å²) in [5, 5.41) is 0. The minimum Gasteiger partial charge on any atom is -0.398 e. The van der Waals surface area contributed by atoms with E-state index in [1.165, 1.54) is 0 Å². The highest BCUT2D eigenvalue weighted by atomic mass is 79.9. The molecule has 0 radical (unpaired) electrons. The Balaban J connectivity index is 2.92.